The van der Waals surface area contributed by atoms with Crippen molar-refractivity contribution in [3.63, 3.8) is 0 Å². The Labute approximate surface area is 97.3 Å². The summed E-state index contributed by atoms with van der Waals surface area (Å²) in [6.07, 6.45) is -1.50. The summed E-state index contributed by atoms with van der Waals surface area (Å²) in [6.45, 7) is 1.47. The fraction of sp³-hybridized carbons (Fsp3) is 0.500. The molecule has 0 spiro atoms. The number of alkyl halides is 1. The van der Waals surface area contributed by atoms with E-state index >= 15 is 0 Å². The van der Waals surface area contributed by atoms with Gasteiger partial charge in [0.25, 0.3) is 0 Å². The first-order valence-corrected chi connectivity index (χ1v) is 5.94. The van der Waals surface area contributed by atoms with E-state index in [1.165, 1.54) is 18.3 Å². The number of hydrogen-bond donors (Lipinski definition) is 2. The van der Waals surface area contributed by atoms with Gasteiger partial charge in [-0.1, -0.05) is 0 Å². The Kier molecular flexibility index (Phi) is 4.73. The summed E-state index contributed by atoms with van der Waals surface area (Å²) in [4.78, 5) is 12.2. The highest BCUT2D eigenvalue weighted by Crippen LogP contribution is 2.27. The van der Waals surface area contributed by atoms with Crippen molar-refractivity contribution < 1.29 is 15.0 Å². The van der Waals surface area contributed by atoms with Crippen LogP contribution in [0.2, 0.25) is 0 Å². The minimum Gasteiger partial charge on any atom is -0.390 e. The molecule has 15 heavy (non-hydrogen) atoms. The maximum atomic E-state index is 11.0. The molecule has 0 aliphatic rings. The molecule has 0 saturated carbocycles. The van der Waals surface area contributed by atoms with Crippen LogP contribution in [0.5, 0.6) is 0 Å². The van der Waals surface area contributed by atoms with Crippen LogP contribution >= 0.6 is 22.9 Å². The number of halogens is 1. The van der Waals surface area contributed by atoms with E-state index in [0.717, 1.165) is 0 Å². The van der Waals surface area contributed by atoms with Crippen LogP contribution in [0.3, 0.4) is 0 Å². The number of rotatable bonds is 5. The molecule has 2 unspecified atom stereocenters. The van der Waals surface area contributed by atoms with E-state index < -0.39 is 12.2 Å². The molecule has 0 saturated heterocycles. The quantitative estimate of drug-likeness (QED) is 0.619. The first-order chi connectivity index (χ1) is 7.06. The second-order valence-electron chi connectivity index (χ2n) is 3.25. The number of aliphatic hydroxyl groups excluding tert-OH is 2. The van der Waals surface area contributed by atoms with Gasteiger partial charge >= 0.3 is 0 Å². The van der Waals surface area contributed by atoms with Crippen molar-refractivity contribution in [3.8, 4) is 0 Å². The van der Waals surface area contributed by atoms with E-state index in [1.807, 2.05) is 0 Å². The van der Waals surface area contributed by atoms with Crippen LogP contribution in [0.25, 0.3) is 0 Å². The Bertz CT molecular complexity index is 337. The van der Waals surface area contributed by atoms with Gasteiger partial charge in [0, 0.05) is 10.8 Å². The molecule has 1 aromatic rings. The molecule has 5 heteroatoms. The van der Waals surface area contributed by atoms with Crippen molar-refractivity contribution in [1.29, 1.82) is 0 Å². The standard InChI is InChI=1S/C10H13ClO3S/c1-6(12)8-2-3-9(15-8)10(14)7(13)4-5-11/h2-3,7,10,13-14H,4-5H2,1H3. The van der Waals surface area contributed by atoms with Crippen LogP contribution in [0, 0.1) is 0 Å². The molecular formula is C10H13ClO3S. The third-order valence-corrected chi connectivity index (χ3v) is 3.51. The molecule has 0 fully saturated rings. The second-order valence-corrected chi connectivity index (χ2v) is 4.74. The molecule has 1 aromatic heterocycles. The molecule has 84 valence electrons. The summed E-state index contributed by atoms with van der Waals surface area (Å²) in [5.74, 6) is 0.258. The Morgan fingerprint density at radius 1 is 1.53 bits per heavy atom. The third kappa shape index (κ3) is 3.28. The first-order valence-electron chi connectivity index (χ1n) is 4.59. The SMILES string of the molecule is CC(=O)c1ccc(C(O)C(O)CCCl)s1. The van der Waals surface area contributed by atoms with Crippen molar-refractivity contribution in [2.24, 2.45) is 0 Å². The van der Waals surface area contributed by atoms with Gasteiger partial charge in [0.1, 0.15) is 6.10 Å². The molecule has 0 amide bonds. The Morgan fingerprint density at radius 2 is 2.20 bits per heavy atom. The van der Waals surface area contributed by atoms with Gasteiger partial charge in [-0.2, -0.15) is 0 Å². The van der Waals surface area contributed by atoms with E-state index in [1.54, 1.807) is 12.1 Å². The highest BCUT2D eigenvalue weighted by atomic mass is 35.5. The minimum atomic E-state index is -0.957. The van der Waals surface area contributed by atoms with Crippen molar-refractivity contribution in [2.45, 2.75) is 25.6 Å². The van der Waals surface area contributed by atoms with E-state index in [-0.39, 0.29) is 5.78 Å². The average Bonchev–Trinajstić information content (AvgIpc) is 2.65. The van der Waals surface area contributed by atoms with E-state index in [9.17, 15) is 15.0 Å². The fourth-order valence-electron chi connectivity index (χ4n) is 1.16. The summed E-state index contributed by atoms with van der Waals surface area (Å²) in [7, 11) is 0. The monoisotopic (exact) mass is 248 g/mol. The number of ketones is 1. The Morgan fingerprint density at radius 3 is 2.67 bits per heavy atom. The molecular weight excluding hydrogens is 236 g/mol. The normalized spacial score (nSPS) is 14.9. The van der Waals surface area contributed by atoms with Crippen LogP contribution < -0.4 is 0 Å². The molecule has 0 bridgehead atoms. The zero-order valence-electron chi connectivity index (χ0n) is 8.31. The number of Topliss-reactive ketones (excluding diaryl/α,β-unsaturated/α-hetero) is 1. The summed E-state index contributed by atoms with van der Waals surface area (Å²) in [5, 5.41) is 19.2. The van der Waals surface area contributed by atoms with Crippen LogP contribution in [-0.2, 0) is 0 Å². The van der Waals surface area contributed by atoms with E-state index in [4.69, 9.17) is 11.6 Å². The molecule has 3 nitrogen and oxygen atoms in total. The van der Waals surface area contributed by atoms with Crippen molar-refractivity contribution in [2.75, 3.05) is 5.88 Å². The number of carbonyl (C=O) groups is 1. The van der Waals surface area contributed by atoms with Crippen molar-refractivity contribution in [1.82, 2.24) is 0 Å². The van der Waals surface area contributed by atoms with Gasteiger partial charge < -0.3 is 10.2 Å². The van der Waals surface area contributed by atoms with Gasteiger partial charge in [-0.3, -0.25) is 4.79 Å². The average molecular weight is 249 g/mol. The maximum Gasteiger partial charge on any atom is 0.169 e. The number of hydrogen-bond acceptors (Lipinski definition) is 4. The Balaban J connectivity index is 2.73. The zero-order valence-corrected chi connectivity index (χ0v) is 9.88. The molecule has 0 aliphatic heterocycles. The van der Waals surface area contributed by atoms with Crippen LogP contribution in [0.15, 0.2) is 12.1 Å². The predicted molar refractivity (Wildman–Crippen MR) is 60.6 cm³/mol. The molecule has 1 heterocycles. The lowest BCUT2D eigenvalue weighted by atomic mass is 10.1. The summed E-state index contributed by atoms with van der Waals surface area (Å²) in [5.41, 5.74) is 0. The summed E-state index contributed by atoms with van der Waals surface area (Å²) >= 11 is 6.66. The minimum absolute atomic E-state index is 0.0368. The molecule has 0 aromatic carbocycles. The lowest BCUT2D eigenvalue weighted by Gasteiger charge is -2.14. The number of aliphatic hydroxyl groups is 2. The van der Waals surface area contributed by atoms with Gasteiger partial charge in [-0.15, -0.1) is 22.9 Å². The van der Waals surface area contributed by atoms with Crippen LogP contribution in [0.1, 0.15) is 34.0 Å². The number of carbonyl (C=O) groups excluding carboxylic acids is 1. The smallest absolute Gasteiger partial charge is 0.169 e. The second kappa shape index (κ2) is 5.61. The van der Waals surface area contributed by atoms with Gasteiger partial charge in [-0.05, 0) is 25.5 Å². The summed E-state index contributed by atoms with van der Waals surface area (Å²) in [6, 6.07) is 3.31. The molecule has 0 radical (unpaired) electrons. The van der Waals surface area contributed by atoms with Crippen molar-refractivity contribution in [3.05, 3.63) is 21.9 Å². The van der Waals surface area contributed by atoms with Crippen molar-refractivity contribution >= 4 is 28.7 Å². The first kappa shape index (κ1) is 12.6. The van der Waals surface area contributed by atoms with Crippen LogP contribution in [0.4, 0.5) is 0 Å². The molecule has 2 atom stereocenters. The van der Waals surface area contributed by atoms with Crippen LogP contribution in [-0.4, -0.2) is 28.0 Å². The number of thiophene rings is 1. The van der Waals surface area contributed by atoms with Gasteiger partial charge in [0.05, 0.1) is 11.0 Å². The third-order valence-electron chi connectivity index (χ3n) is 2.03. The largest absolute Gasteiger partial charge is 0.390 e. The van der Waals surface area contributed by atoms with E-state index in [0.29, 0.717) is 22.1 Å². The summed E-state index contributed by atoms with van der Waals surface area (Å²) < 4.78 is 0. The highest BCUT2D eigenvalue weighted by molar-refractivity contribution is 7.14. The molecule has 0 aliphatic carbocycles. The lowest BCUT2D eigenvalue weighted by Crippen LogP contribution is -2.17. The van der Waals surface area contributed by atoms with Gasteiger partial charge in [0.2, 0.25) is 0 Å². The van der Waals surface area contributed by atoms with Gasteiger partial charge in [0.15, 0.2) is 5.78 Å². The maximum absolute atomic E-state index is 11.0. The fourth-order valence-corrected chi connectivity index (χ4v) is 2.33. The highest BCUT2D eigenvalue weighted by Gasteiger charge is 2.20. The predicted octanol–water partition coefficient (Wildman–Crippen LogP) is 1.97. The topological polar surface area (TPSA) is 57.5 Å². The zero-order chi connectivity index (χ0) is 11.4. The Hall–Kier alpha value is -0.420. The lowest BCUT2D eigenvalue weighted by molar-refractivity contribution is 0.0191. The van der Waals surface area contributed by atoms with E-state index in [2.05, 4.69) is 0 Å². The molecule has 1 rings (SSSR count). The molecule has 2 N–H and O–H groups in total. The van der Waals surface area contributed by atoms with Gasteiger partial charge in [-0.25, -0.2) is 0 Å².